The van der Waals surface area contributed by atoms with Gasteiger partial charge in [0.1, 0.15) is 0 Å². The average molecular weight is 374 g/mol. The summed E-state index contributed by atoms with van der Waals surface area (Å²) < 4.78 is 68.1. The summed E-state index contributed by atoms with van der Waals surface area (Å²) in [6.07, 6.45) is -1.28. The van der Waals surface area contributed by atoms with Crippen LogP contribution < -0.4 is 0 Å². The van der Waals surface area contributed by atoms with Crippen molar-refractivity contribution in [3.8, 4) is 0 Å². The molecule has 0 spiro atoms. The first-order valence-electron chi connectivity index (χ1n) is 6.57. The largest absolute Gasteiger partial charge is 0.393 e. The second-order valence-electron chi connectivity index (χ2n) is 4.85. The zero-order valence-electron chi connectivity index (χ0n) is 12.4. The third kappa shape index (κ3) is 9.15. The summed E-state index contributed by atoms with van der Waals surface area (Å²) in [6, 6.07) is 0. The summed E-state index contributed by atoms with van der Waals surface area (Å²) in [7, 11) is -9.75. The molecule has 0 aliphatic rings. The summed E-state index contributed by atoms with van der Waals surface area (Å²) in [5, 5.41) is 19.1. The Kier molecular flexibility index (Phi) is 9.13. The maximum Gasteiger partial charge on any atom is 0.292 e. The normalized spacial score (nSPS) is 17.9. The fraction of sp³-hybridized carbons (Fsp3) is 0.667. The molecule has 0 rings (SSSR count). The SMILES string of the molecule is C=CCC(O)CC(OC(CC(O)CC=C)S(=O)(=O)O)S(=O)(=O)O. The zero-order chi connectivity index (χ0) is 18.3. The molecule has 0 aromatic carbocycles. The summed E-state index contributed by atoms with van der Waals surface area (Å²) in [5.41, 5.74) is -4.19. The summed E-state index contributed by atoms with van der Waals surface area (Å²) in [6.45, 7) is 6.68. The smallest absolute Gasteiger partial charge is 0.292 e. The highest BCUT2D eigenvalue weighted by Gasteiger charge is 2.35. The van der Waals surface area contributed by atoms with Crippen molar-refractivity contribution in [1.82, 2.24) is 0 Å². The monoisotopic (exact) mass is 374 g/mol. The van der Waals surface area contributed by atoms with Gasteiger partial charge >= 0.3 is 0 Å². The standard InChI is InChI=1S/C12H22O9S2/c1-3-5-9(13)7-11(22(15,16)17)21-12(23(18,19)20)8-10(14)6-4-2/h3-4,9-14H,1-2,5-8H2,(H,15,16,17)(H,18,19,20). The molecule has 0 radical (unpaired) electrons. The Morgan fingerprint density at radius 3 is 1.35 bits per heavy atom. The first kappa shape index (κ1) is 22.2. The topological polar surface area (TPSA) is 158 Å². The highest BCUT2D eigenvalue weighted by atomic mass is 32.2. The molecule has 4 N–H and O–H groups in total. The molecule has 0 saturated heterocycles. The molecule has 0 saturated carbocycles. The van der Waals surface area contributed by atoms with E-state index in [4.69, 9.17) is 13.8 Å². The quantitative estimate of drug-likeness (QED) is 0.274. The number of aliphatic hydroxyl groups excluding tert-OH is 2. The lowest BCUT2D eigenvalue weighted by Crippen LogP contribution is -2.37. The molecular weight excluding hydrogens is 352 g/mol. The van der Waals surface area contributed by atoms with Gasteiger partial charge in [0.2, 0.25) is 0 Å². The van der Waals surface area contributed by atoms with Crippen LogP contribution in [0.3, 0.4) is 0 Å². The first-order valence-corrected chi connectivity index (χ1v) is 9.58. The lowest BCUT2D eigenvalue weighted by atomic mass is 10.2. The van der Waals surface area contributed by atoms with Crippen molar-refractivity contribution < 1.29 is 40.9 Å². The van der Waals surface area contributed by atoms with Gasteiger partial charge in [-0.15, -0.1) is 13.2 Å². The second-order valence-corrected chi connectivity index (χ2v) is 7.96. The van der Waals surface area contributed by atoms with Crippen molar-refractivity contribution in [3.05, 3.63) is 25.3 Å². The predicted molar refractivity (Wildman–Crippen MR) is 82.6 cm³/mol. The lowest BCUT2D eigenvalue weighted by molar-refractivity contribution is 0.0107. The molecule has 9 nitrogen and oxygen atoms in total. The van der Waals surface area contributed by atoms with E-state index in [1.165, 1.54) is 12.2 Å². The molecular formula is C12H22O9S2. The van der Waals surface area contributed by atoms with Crippen molar-refractivity contribution in [2.75, 3.05) is 0 Å². The van der Waals surface area contributed by atoms with Gasteiger partial charge in [0, 0.05) is 12.8 Å². The van der Waals surface area contributed by atoms with Crippen LogP contribution in [0.15, 0.2) is 25.3 Å². The Labute approximate surface area is 135 Å². The van der Waals surface area contributed by atoms with Gasteiger partial charge in [-0.1, -0.05) is 12.2 Å². The highest BCUT2D eigenvalue weighted by molar-refractivity contribution is 7.87. The van der Waals surface area contributed by atoms with E-state index in [-0.39, 0.29) is 12.8 Å². The van der Waals surface area contributed by atoms with Crippen molar-refractivity contribution in [2.45, 2.75) is 48.8 Å². The maximum atomic E-state index is 11.3. The van der Waals surface area contributed by atoms with E-state index in [0.29, 0.717) is 0 Å². The average Bonchev–Trinajstić information content (AvgIpc) is 2.35. The van der Waals surface area contributed by atoms with E-state index in [0.717, 1.165) is 0 Å². The van der Waals surface area contributed by atoms with Crippen LogP contribution in [0.1, 0.15) is 25.7 Å². The van der Waals surface area contributed by atoms with Gasteiger partial charge in [0.15, 0.2) is 10.9 Å². The fourth-order valence-corrected chi connectivity index (χ4v) is 3.24. The Hall–Kier alpha value is -0.820. The van der Waals surface area contributed by atoms with Crippen LogP contribution in [0, 0.1) is 0 Å². The minimum atomic E-state index is -4.88. The molecule has 4 unspecified atom stereocenters. The zero-order valence-corrected chi connectivity index (χ0v) is 14.0. The molecule has 11 heteroatoms. The van der Waals surface area contributed by atoms with E-state index in [1.807, 2.05) is 0 Å². The molecule has 0 aromatic rings. The number of ether oxygens (including phenoxy) is 1. The minimum Gasteiger partial charge on any atom is -0.393 e. The molecule has 0 aliphatic heterocycles. The van der Waals surface area contributed by atoms with E-state index >= 15 is 0 Å². The van der Waals surface area contributed by atoms with E-state index in [2.05, 4.69) is 13.2 Å². The predicted octanol–water partition coefficient (Wildman–Crippen LogP) is 0.0850. The first-order chi connectivity index (χ1) is 10.4. The number of rotatable bonds is 12. The Morgan fingerprint density at radius 2 is 1.13 bits per heavy atom. The van der Waals surface area contributed by atoms with Gasteiger partial charge in [-0.05, 0) is 12.8 Å². The summed E-state index contributed by atoms with van der Waals surface area (Å²) >= 11 is 0. The molecule has 4 atom stereocenters. The fourth-order valence-electron chi connectivity index (χ4n) is 1.69. The van der Waals surface area contributed by atoms with Gasteiger partial charge in [0.05, 0.1) is 12.2 Å². The van der Waals surface area contributed by atoms with Crippen LogP contribution in [0.4, 0.5) is 0 Å². The molecule has 0 amide bonds. The van der Waals surface area contributed by atoms with Crippen molar-refractivity contribution in [3.63, 3.8) is 0 Å². The van der Waals surface area contributed by atoms with Crippen LogP contribution in [-0.4, -0.2) is 59.2 Å². The number of hydrogen-bond acceptors (Lipinski definition) is 7. The van der Waals surface area contributed by atoms with Crippen molar-refractivity contribution in [1.29, 1.82) is 0 Å². The molecule has 0 fully saturated rings. The molecule has 0 aliphatic carbocycles. The number of aliphatic hydroxyl groups is 2. The minimum absolute atomic E-state index is 0.0228. The molecule has 136 valence electrons. The van der Waals surface area contributed by atoms with Crippen molar-refractivity contribution >= 4 is 20.2 Å². The molecule has 0 heterocycles. The third-order valence-electron chi connectivity index (χ3n) is 2.77. The summed E-state index contributed by atoms with van der Waals surface area (Å²) in [5.74, 6) is 0. The van der Waals surface area contributed by atoms with Gasteiger partial charge in [-0.3, -0.25) is 9.11 Å². The van der Waals surface area contributed by atoms with Gasteiger partial charge in [0.25, 0.3) is 20.2 Å². The Morgan fingerprint density at radius 1 is 0.826 bits per heavy atom. The third-order valence-corrected chi connectivity index (χ3v) is 4.71. The van der Waals surface area contributed by atoms with Gasteiger partial charge in [-0.2, -0.15) is 16.8 Å². The van der Waals surface area contributed by atoms with Crippen LogP contribution in [-0.2, 0) is 25.0 Å². The van der Waals surface area contributed by atoms with Crippen LogP contribution in [0.25, 0.3) is 0 Å². The molecule has 0 aromatic heterocycles. The van der Waals surface area contributed by atoms with Crippen molar-refractivity contribution in [2.24, 2.45) is 0 Å². The molecule has 0 bridgehead atoms. The van der Waals surface area contributed by atoms with Crippen LogP contribution >= 0.6 is 0 Å². The van der Waals surface area contributed by atoms with E-state index in [9.17, 15) is 27.0 Å². The lowest BCUT2D eigenvalue weighted by Gasteiger charge is -2.24. The van der Waals surface area contributed by atoms with E-state index in [1.54, 1.807) is 0 Å². The Bertz CT molecular complexity index is 530. The maximum absolute atomic E-state index is 11.3. The Balaban J connectivity index is 5.28. The number of hydrogen-bond donors (Lipinski definition) is 4. The van der Waals surface area contributed by atoms with Gasteiger partial charge in [-0.25, -0.2) is 0 Å². The van der Waals surface area contributed by atoms with Crippen LogP contribution in [0.5, 0.6) is 0 Å². The highest BCUT2D eigenvalue weighted by Crippen LogP contribution is 2.20. The van der Waals surface area contributed by atoms with Gasteiger partial charge < -0.3 is 14.9 Å². The molecule has 23 heavy (non-hydrogen) atoms. The second kappa shape index (κ2) is 9.47. The summed E-state index contributed by atoms with van der Waals surface area (Å²) in [4.78, 5) is 0. The van der Waals surface area contributed by atoms with E-state index < -0.39 is 56.2 Å². The van der Waals surface area contributed by atoms with Crippen LogP contribution in [0.2, 0.25) is 0 Å².